The molecule has 4 nitrogen and oxygen atoms in total. The summed E-state index contributed by atoms with van der Waals surface area (Å²) in [5, 5.41) is 9.02. The molecule has 7 heteroatoms. The SMILES string of the molecule is O=C(O)[C@@H]1CN(C(=O)C2C3C4CCC(C4)C23)C[C@H]1C(F)(F)F. The molecule has 1 N–H and O–H groups in total. The van der Waals surface area contributed by atoms with Gasteiger partial charge >= 0.3 is 12.1 Å². The molecule has 4 aliphatic rings. The van der Waals surface area contributed by atoms with E-state index in [9.17, 15) is 22.8 Å². The lowest BCUT2D eigenvalue weighted by Crippen LogP contribution is -2.34. The van der Waals surface area contributed by atoms with Crippen LogP contribution < -0.4 is 0 Å². The van der Waals surface area contributed by atoms with E-state index < -0.39 is 30.5 Å². The molecule has 1 amide bonds. The minimum Gasteiger partial charge on any atom is -0.481 e. The van der Waals surface area contributed by atoms with Gasteiger partial charge in [-0.3, -0.25) is 9.59 Å². The topological polar surface area (TPSA) is 57.6 Å². The Morgan fingerprint density at radius 1 is 1.05 bits per heavy atom. The number of alkyl halides is 3. The summed E-state index contributed by atoms with van der Waals surface area (Å²) in [7, 11) is 0. The zero-order valence-electron chi connectivity index (χ0n) is 11.9. The second-order valence-electron chi connectivity index (χ2n) is 7.35. The third-order valence-electron chi connectivity index (χ3n) is 6.39. The lowest BCUT2D eigenvalue weighted by molar-refractivity contribution is -0.188. The molecular formula is C15H18F3NO3. The number of carboxylic acids is 1. The van der Waals surface area contributed by atoms with Crippen LogP contribution in [0.5, 0.6) is 0 Å². The highest BCUT2D eigenvalue weighted by atomic mass is 19.4. The van der Waals surface area contributed by atoms with Crippen LogP contribution in [-0.4, -0.2) is 41.1 Å². The van der Waals surface area contributed by atoms with Gasteiger partial charge in [-0.15, -0.1) is 0 Å². The van der Waals surface area contributed by atoms with Crippen molar-refractivity contribution in [2.75, 3.05) is 13.1 Å². The van der Waals surface area contributed by atoms with E-state index in [1.807, 2.05) is 0 Å². The molecule has 0 radical (unpaired) electrons. The molecule has 4 rings (SSSR count). The average Bonchev–Trinajstić information content (AvgIpc) is 2.84. The number of amides is 1. The van der Waals surface area contributed by atoms with Crippen LogP contribution in [0.2, 0.25) is 0 Å². The Bertz CT molecular complexity index is 519. The smallest absolute Gasteiger partial charge is 0.394 e. The van der Waals surface area contributed by atoms with Gasteiger partial charge in [-0.1, -0.05) is 0 Å². The highest BCUT2D eigenvalue weighted by Gasteiger charge is 2.68. The molecule has 2 bridgehead atoms. The highest BCUT2D eigenvalue weighted by molar-refractivity contribution is 5.84. The standard InChI is InChI=1S/C15H18F3NO3/c16-15(17,18)9-5-19(4-8(9)14(21)22)13(20)12-10-6-1-2-7(3-6)11(10)12/h6-12H,1-5H2,(H,21,22)/t6?,7?,8-,9-,10?,11?,12?/m1/s1. The Labute approximate surface area is 125 Å². The fourth-order valence-electron chi connectivity index (χ4n) is 5.43. The first-order valence-corrected chi connectivity index (χ1v) is 7.87. The number of aliphatic carboxylic acids is 1. The molecule has 4 unspecified atom stereocenters. The van der Waals surface area contributed by atoms with Crippen molar-refractivity contribution in [3.8, 4) is 0 Å². The van der Waals surface area contributed by atoms with E-state index in [1.165, 1.54) is 11.3 Å². The lowest BCUT2D eigenvalue weighted by atomic mass is 9.96. The molecule has 1 heterocycles. The predicted octanol–water partition coefficient (Wildman–Crippen LogP) is 2.00. The van der Waals surface area contributed by atoms with Crippen LogP contribution in [0.25, 0.3) is 0 Å². The van der Waals surface area contributed by atoms with E-state index in [0.717, 1.165) is 12.8 Å². The molecular weight excluding hydrogens is 299 g/mol. The number of rotatable bonds is 2. The second kappa shape index (κ2) is 4.38. The quantitative estimate of drug-likeness (QED) is 0.847. The Morgan fingerprint density at radius 3 is 2.09 bits per heavy atom. The average molecular weight is 317 g/mol. The van der Waals surface area contributed by atoms with Crippen molar-refractivity contribution in [3.63, 3.8) is 0 Å². The first kappa shape index (κ1) is 14.3. The number of carbonyl (C=O) groups excluding carboxylic acids is 1. The monoisotopic (exact) mass is 317 g/mol. The van der Waals surface area contributed by atoms with Crippen LogP contribution in [0.3, 0.4) is 0 Å². The normalized spacial score (nSPS) is 46.0. The molecule has 3 aliphatic carbocycles. The maximum atomic E-state index is 13.0. The first-order valence-electron chi connectivity index (χ1n) is 7.87. The molecule has 1 saturated heterocycles. The van der Waals surface area contributed by atoms with Crippen LogP contribution in [-0.2, 0) is 9.59 Å². The summed E-state index contributed by atoms with van der Waals surface area (Å²) in [6, 6.07) is 0. The van der Waals surface area contributed by atoms with Crippen molar-refractivity contribution in [1.29, 1.82) is 0 Å². The molecule has 1 aliphatic heterocycles. The van der Waals surface area contributed by atoms with E-state index in [2.05, 4.69) is 0 Å². The van der Waals surface area contributed by atoms with Gasteiger partial charge in [0.05, 0.1) is 11.8 Å². The van der Waals surface area contributed by atoms with Crippen LogP contribution in [0.1, 0.15) is 19.3 Å². The van der Waals surface area contributed by atoms with Gasteiger partial charge in [-0.05, 0) is 42.9 Å². The Hall–Kier alpha value is -1.27. The maximum absolute atomic E-state index is 13.0. The van der Waals surface area contributed by atoms with Gasteiger partial charge < -0.3 is 10.0 Å². The lowest BCUT2D eigenvalue weighted by Gasteiger charge is -2.19. The Morgan fingerprint density at radius 2 is 1.64 bits per heavy atom. The Kier molecular flexibility index (Phi) is 2.86. The van der Waals surface area contributed by atoms with Gasteiger partial charge in [-0.25, -0.2) is 0 Å². The number of hydrogen-bond donors (Lipinski definition) is 1. The van der Waals surface area contributed by atoms with Gasteiger partial charge in [0.2, 0.25) is 5.91 Å². The summed E-state index contributed by atoms with van der Waals surface area (Å²) >= 11 is 0. The second-order valence-corrected chi connectivity index (χ2v) is 7.35. The van der Waals surface area contributed by atoms with Crippen molar-refractivity contribution in [2.45, 2.75) is 25.4 Å². The zero-order chi connectivity index (χ0) is 15.8. The van der Waals surface area contributed by atoms with Crippen LogP contribution in [0.15, 0.2) is 0 Å². The summed E-state index contributed by atoms with van der Waals surface area (Å²) < 4.78 is 39.0. The first-order chi connectivity index (χ1) is 10.3. The molecule has 0 aromatic carbocycles. The summed E-state index contributed by atoms with van der Waals surface area (Å²) in [6.07, 6.45) is -1.13. The van der Waals surface area contributed by atoms with Crippen LogP contribution in [0.4, 0.5) is 13.2 Å². The molecule has 22 heavy (non-hydrogen) atoms. The number of fused-ring (bicyclic) bond motifs is 5. The molecule has 0 aromatic heterocycles. The van der Waals surface area contributed by atoms with E-state index in [4.69, 9.17) is 5.11 Å². The number of halogens is 3. The number of likely N-dealkylation sites (tertiary alicyclic amines) is 1. The van der Waals surface area contributed by atoms with Crippen molar-refractivity contribution >= 4 is 11.9 Å². The fourth-order valence-corrected chi connectivity index (χ4v) is 5.43. The number of hydrogen-bond acceptors (Lipinski definition) is 2. The fraction of sp³-hybridized carbons (Fsp3) is 0.867. The minimum atomic E-state index is -4.57. The maximum Gasteiger partial charge on any atom is 0.394 e. The molecule has 0 spiro atoms. The molecule has 0 aromatic rings. The largest absolute Gasteiger partial charge is 0.481 e. The summed E-state index contributed by atoms with van der Waals surface area (Å²) in [5.41, 5.74) is 0. The highest BCUT2D eigenvalue weighted by Crippen LogP contribution is 2.69. The van der Waals surface area contributed by atoms with Crippen LogP contribution >= 0.6 is 0 Å². The third-order valence-corrected chi connectivity index (χ3v) is 6.39. The van der Waals surface area contributed by atoms with Gasteiger partial charge in [0, 0.05) is 19.0 Å². The number of nitrogens with zero attached hydrogens (tertiary/aromatic N) is 1. The van der Waals surface area contributed by atoms with E-state index >= 15 is 0 Å². The minimum absolute atomic E-state index is 0.132. The number of carbonyl (C=O) groups is 2. The van der Waals surface area contributed by atoms with E-state index in [-0.39, 0.29) is 18.4 Å². The van der Waals surface area contributed by atoms with Crippen molar-refractivity contribution in [1.82, 2.24) is 4.90 Å². The van der Waals surface area contributed by atoms with Crippen molar-refractivity contribution in [2.24, 2.45) is 41.4 Å². The van der Waals surface area contributed by atoms with Crippen molar-refractivity contribution < 1.29 is 27.9 Å². The summed E-state index contributed by atoms with van der Waals surface area (Å²) in [4.78, 5) is 24.8. The molecule has 3 saturated carbocycles. The van der Waals surface area contributed by atoms with Crippen molar-refractivity contribution in [3.05, 3.63) is 0 Å². The molecule has 6 atom stereocenters. The van der Waals surface area contributed by atoms with Gasteiger partial charge in [0.1, 0.15) is 0 Å². The number of carboxylic acid groups (broad SMARTS) is 1. The van der Waals surface area contributed by atoms with Gasteiger partial charge in [-0.2, -0.15) is 13.2 Å². The van der Waals surface area contributed by atoms with Gasteiger partial charge in [0.25, 0.3) is 0 Å². The predicted molar refractivity (Wildman–Crippen MR) is 68.6 cm³/mol. The molecule has 4 fully saturated rings. The summed E-state index contributed by atoms with van der Waals surface area (Å²) in [5.74, 6) is -3.44. The summed E-state index contributed by atoms with van der Waals surface area (Å²) in [6.45, 7) is -0.797. The zero-order valence-corrected chi connectivity index (χ0v) is 11.9. The van der Waals surface area contributed by atoms with E-state index in [0.29, 0.717) is 23.7 Å². The van der Waals surface area contributed by atoms with Gasteiger partial charge in [0.15, 0.2) is 0 Å². The third kappa shape index (κ3) is 1.90. The Balaban J connectivity index is 1.48. The van der Waals surface area contributed by atoms with E-state index in [1.54, 1.807) is 0 Å². The molecule has 122 valence electrons. The van der Waals surface area contributed by atoms with Crippen LogP contribution in [0, 0.1) is 41.4 Å².